The van der Waals surface area contributed by atoms with Gasteiger partial charge in [0.15, 0.2) is 0 Å². The SMILES string of the molecule is O=C(NC1CC2CCC(C1)N2)c1cccnc1. The van der Waals surface area contributed by atoms with Crippen molar-refractivity contribution in [2.75, 3.05) is 0 Å². The summed E-state index contributed by atoms with van der Waals surface area (Å²) in [6.07, 6.45) is 7.92. The molecule has 4 nitrogen and oxygen atoms in total. The number of pyridine rings is 1. The minimum atomic E-state index is 0.00407. The predicted molar refractivity (Wildman–Crippen MR) is 64.7 cm³/mol. The lowest BCUT2D eigenvalue weighted by Gasteiger charge is -2.29. The van der Waals surface area contributed by atoms with Gasteiger partial charge in [-0.1, -0.05) is 0 Å². The minimum Gasteiger partial charge on any atom is -0.349 e. The number of rotatable bonds is 2. The molecule has 0 saturated carbocycles. The van der Waals surface area contributed by atoms with E-state index in [1.54, 1.807) is 24.5 Å². The first-order valence-corrected chi connectivity index (χ1v) is 6.28. The normalized spacial score (nSPS) is 31.2. The first-order valence-electron chi connectivity index (χ1n) is 6.28. The standard InChI is InChI=1S/C13H17N3O/c17-13(9-2-1-5-14-8-9)16-12-6-10-3-4-11(7-12)15-10/h1-2,5,8,10-12,15H,3-4,6-7H2,(H,16,17). The molecule has 17 heavy (non-hydrogen) atoms. The Hall–Kier alpha value is -1.42. The average Bonchev–Trinajstić information content (AvgIpc) is 2.70. The van der Waals surface area contributed by atoms with Crippen molar-refractivity contribution in [3.05, 3.63) is 30.1 Å². The lowest BCUT2D eigenvalue weighted by Crippen LogP contribution is -2.48. The molecule has 4 heteroatoms. The molecule has 0 spiro atoms. The van der Waals surface area contributed by atoms with Crippen LogP contribution in [0, 0.1) is 0 Å². The van der Waals surface area contributed by atoms with Crippen LogP contribution in [0.15, 0.2) is 24.5 Å². The molecule has 1 amide bonds. The molecule has 2 aliphatic rings. The predicted octanol–water partition coefficient (Wildman–Crippen LogP) is 1.09. The van der Waals surface area contributed by atoms with Crippen molar-refractivity contribution in [3.8, 4) is 0 Å². The van der Waals surface area contributed by atoms with Crippen LogP contribution in [0.5, 0.6) is 0 Å². The topological polar surface area (TPSA) is 54.0 Å². The van der Waals surface area contributed by atoms with Gasteiger partial charge in [0, 0.05) is 30.5 Å². The molecule has 2 N–H and O–H groups in total. The van der Waals surface area contributed by atoms with Crippen molar-refractivity contribution in [1.29, 1.82) is 0 Å². The van der Waals surface area contributed by atoms with Crippen LogP contribution in [-0.4, -0.2) is 29.0 Å². The molecule has 2 saturated heterocycles. The third kappa shape index (κ3) is 2.31. The van der Waals surface area contributed by atoms with Gasteiger partial charge in [0.2, 0.25) is 0 Å². The van der Waals surface area contributed by atoms with Gasteiger partial charge in [-0.25, -0.2) is 0 Å². The number of aromatic nitrogens is 1. The van der Waals surface area contributed by atoms with Gasteiger partial charge in [0.25, 0.3) is 5.91 Å². The number of carbonyl (C=O) groups excluding carboxylic acids is 1. The van der Waals surface area contributed by atoms with E-state index in [0.29, 0.717) is 23.7 Å². The molecule has 0 aliphatic carbocycles. The number of carbonyl (C=O) groups is 1. The molecule has 2 bridgehead atoms. The largest absolute Gasteiger partial charge is 0.349 e. The van der Waals surface area contributed by atoms with Crippen LogP contribution in [0.25, 0.3) is 0 Å². The second-order valence-corrected chi connectivity index (χ2v) is 5.02. The third-order valence-corrected chi connectivity index (χ3v) is 3.73. The van der Waals surface area contributed by atoms with Crippen LogP contribution in [0.1, 0.15) is 36.0 Å². The van der Waals surface area contributed by atoms with Gasteiger partial charge in [0.05, 0.1) is 5.56 Å². The highest BCUT2D eigenvalue weighted by Crippen LogP contribution is 2.26. The Morgan fingerprint density at radius 2 is 2.12 bits per heavy atom. The Morgan fingerprint density at radius 3 is 2.76 bits per heavy atom. The summed E-state index contributed by atoms with van der Waals surface area (Å²) in [5.74, 6) is 0.00407. The third-order valence-electron chi connectivity index (χ3n) is 3.73. The number of piperidine rings is 1. The smallest absolute Gasteiger partial charge is 0.253 e. The lowest BCUT2D eigenvalue weighted by atomic mass is 9.99. The van der Waals surface area contributed by atoms with Crippen molar-refractivity contribution >= 4 is 5.91 Å². The highest BCUT2D eigenvalue weighted by molar-refractivity contribution is 5.94. The summed E-state index contributed by atoms with van der Waals surface area (Å²) in [6, 6.07) is 5.13. The van der Waals surface area contributed by atoms with E-state index in [1.807, 2.05) is 0 Å². The quantitative estimate of drug-likeness (QED) is 0.801. The van der Waals surface area contributed by atoms with Crippen LogP contribution in [0.4, 0.5) is 0 Å². The van der Waals surface area contributed by atoms with E-state index >= 15 is 0 Å². The van der Waals surface area contributed by atoms with Gasteiger partial charge in [-0.15, -0.1) is 0 Å². The molecule has 2 aliphatic heterocycles. The van der Waals surface area contributed by atoms with E-state index in [-0.39, 0.29) is 5.91 Å². The van der Waals surface area contributed by atoms with Gasteiger partial charge in [-0.3, -0.25) is 9.78 Å². The van der Waals surface area contributed by atoms with E-state index in [4.69, 9.17) is 0 Å². The second-order valence-electron chi connectivity index (χ2n) is 5.02. The molecule has 3 heterocycles. The molecule has 0 radical (unpaired) electrons. The van der Waals surface area contributed by atoms with Crippen molar-refractivity contribution in [2.45, 2.75) is 43.8 Å². The first-order chi connectivity index (χ1) is 8.31. The molecule has 90 valence electrons. The number of nitrogens with one attached hydrogen (secondary N) is 2. The highest BCUT2D eigenvalue weighted by Gasteiger charge is 2.33. The summed E-state index contributed by atoms with van der Waals surface area (Å²) in [7, 11) is 0. The number of fused-ring (bicyclic) bond motifs is 2. The second kappa shape index (κ2) is 4.45. The lowest BCUT2D eigenvalue weighted by molar-refractivity contribution is 0.0923. The van der Waals surface area contributed by atoms with E-state index in [2.05, 4.69) is 15.6 Å². The maximum atomic E-state index is 12.0. The van der Waals surface area contributed by atoms with Gasteiger partial charge in [-0.05, 0) is 37.8 Å². The van der Waals surface area contributed by atoms with Crippen molar-refractivity contribution in [2.24, 2.45) is 0 Å². The van der Waals surface area contributed by atoms with Crippen molar-refractivity contribution in [1.82, 2.24) is 15.6 Å². The Bertz CT molecular complexity index is 394. The average molecular weight is 231 g/mol. The van der Waals surface area contributed by atoms with Gasteiger partial charge in [0.1, 0.15) is 0 Å². The molecule has 1 aromatic rings. The Kier molecular flexibility index (Phi) is 2.81. The first kappa shape index (κ1) is 10.7. The highest BCUT2D eigenvalue weighted by atomic mass is 16.1. The summed E-state index contributed by atoms with van der Waals surface area (Å²) < 4.78 is 0. The minimum absolute atomic E-state index is 0.00407. The fourth-order valence-electron chi connectivity index (χ4n) is 2.94. The summed E-state index contributed by atoms with van der Waals surface area (Å²) in [5, 5.41) is 6.69. The number of amides is 1. The summed E-state index contributed by atoms with van der Waals surface area (Å²) >= 11 is 0. The van der Waals surface area contributed by atoms with Crippen LogP contribution in [-0.2, 0) is 0 Å². The van der Waals surface area contributed by atoms with Gasteiger partial charge in [-0.2, -0.15) is 0 Å². The number of hydrogen-bond donors (Lipinski definition) is 2. The maximum absolute atomic E-state index is 12.0. The van der Waals surface area contributed by atoms with Crippen LogP contribution >= 0.6 is 0 Å². The molecule has 2 unspecified atom stereocenters. The summed E-state index contributed by atoms with van der Waals surface area (Å²) in [6.45, 7) is 0. The van der Waals surface area contributed by atoms with Crippen LogP contribution in [0.2, 0.25) is 0 Å². The number of hydrogen-bond acceptors (Lipinski definition) is 3. The Morgan fingerprint density at radius 1 is 1.35 bits per heavy atom. The van der Waals surface area contributed by atoms with E-state index in [0.717, 1.165) is 12.8 Å². The maximum Gasteiger partial charge on any atom is 0.253 e. The molecule has 2 fully saturated rings. The summed E-state index contributed by atoms with van der Waals surface area (Å²) in [5.41, 5.74) is 0.651. The number of nitrogens with zero attached hydrogens (tertiary/aromatic N) is 1. The Balaban J connectivity index is 1.62. The summed E-state index contributed by atoms with van der Waals surface area (Å²) in [4.78, 5) is 15.9. The van der Waals surface area contributed by atoms with Gasteiger partial charge < -0.3 is 10.6 Å². The zero-order chi connectivity index (χ0) is 11.7. The zero-order valence-corrected chi connectivity index (χ0v) is 9.73. The zero-order valence-electron chi connectivity index (χ0n) is 9.73. The molecular weight excluding hydrogens is 214 g/mol. The van der Waals surface area contributed by atoms with Crippen molar-refractivity contribution in [3.63, 3.8) is 0 Å². The van der Waals surface area contributed by atoms with E-state index in [1.165, 1.54) is 12.8 Å². The molecule has 3 rings (SSSR count). The van der Waals surface area contributed by atoms with Crippen LogP contribution < -0.4 is 10.6 Å². The fraction of sp³-hybridized carbons (Fsp3) is 0.538. The monoisotopic (exact) mass is 231 g/mol. The molecular formula is C13H17N3O. The van der Waals surface area contributed by atoms with Gasteiger partial charge >= 0.3 is 0 Å². The molecule has 0 aromatic carbocycles. The molecule has 1 aromatic heterocycles. The fourth-order valence-corrected chi connectivity index (χ4v) is 2.94. The van der Waals surface area contributed by atoms with Crippen molar-refractivity contribution < 1.29 is 4.79 Å². The van der Waals surface area contributed by atoms with E-state index in [9.17, 15) is 4.79 Å². The Labute approximate surface area is 101 Å². The molecule has 2 atom stereocenters. The van der Waals surface area contributed by atoms with Crippen LogP contribution in [0.3, 0.4) is 0 Å². The van der Waals surface area contributed by atoms with E-state index < -0.39 is 0 Å².